The second-order valence-corrected chi connectivity index (χ2v) is 7.92. The van der Waals surface area contributed by atoms with E-state index < -0.39 is 9.52 Å². The first-order valence-electron chi connectivity index (χ1n) is 5.47. The summed E-state index contributed by atoms with van der Waals surface area (Å²) in [5.41, 5.74) is -0.0599. The Balaban J connectivity index is 2.20. The summed E-state index contributed by atoms with van der Waals surface area (Å²) >= 11 is 0. The molecule has 0 radical (unpaired) electrons. The summed E-state index contributed by atoms with van der Waals surface area (Å²) in [7, 11) is -1.75. The van der Waals surface area contributed by atoms with E-state index >= 15 is 0 Å². The van der Waals surface area contributed by atoms with Gasteiger partial charge in [0, 0.05) is 31.1 Å². The summed E-state index contributed by atoms with van der Waals surface area (Å²) < 4.78 is 17.3. The van der Waals surface area contributed by atoms with E-state index in [1.165, 1.54) is 0 Å². The molecule has 1 aliphatic heterocycles. The van der Waals surface area contributed by atoms with Gasteiger partial charge in [-0.25, -0.2) is 0 Å². The van der Waals surface area contributed by atoms with Crippen LogP contribution in [0.1, 0.15) is 20.8 Å². The number of rotatable bonds is 3. The van der Waals surface area contributed by atoms with Crippen LogP contribution in [0.3, 0.4) is 0 Å². The second-order valence-electron chi connectivity index (χ2n) is 5.18. The molecule has 0 saturated carbocycles. The Morgan fingerprint density at radius 1 is 1.33 bits per heavy atom. The van der Waals surface area contributed by atoms with Crippen LogP contribution in [0.4, 0.5) is 0 Å². The Bertz CT molecular complexity index is 276. The summed E-state index contributed by atoms with van der Waals surface area (Å²) in [6.45, 7) is 9.67. The molecule has 1 fully saturated rings. The SMILES string of the molecule is C=S1(=O)CCN(CCOC(C)(C)C)CC1. The molecule has 0 aliphatic carbocycles. The van der Waals surface area contributed by atoms with Crippen LogP contribution in [0.25, 0.3) is 0 Å². The maximum Gasteiger partial charge on any atom is 0.0600 e. The Labute approximate surface area is 93.8 Å². The van der Waals surface area contributed by atoms with Gasteiger partial charge in [-0.1, -0.05) is 0 Å². The lowest BCUT2D eigenvalue weighted by Gasteiger charge is -2.29. The molecule has 0 atom stereocenters. The summed E-state index contributed by atoms with van der Waals surface area (Å²) in [4.78, 5) is 2.31. The van der Waals surface area contributed by atoms with E-state index in [0.717, 1.165) is 37.7 Å². The maximum atomic E-state index is 11.6. The number of nitrogens with zero attached hydrogens (tertiary/aromatic N) is 1. The van der Waals surface area contributed by atoms with Crippen LogP contribution in [0.15, 0.2) is 0 Å². The quantitative estimate of drug-likeness (QED) is 0.676. The molecular formula is C11H23NO2S. The monoisotopic (exact) mass is 233 g/mol. The normalized spacial score (nSPS) is 22.9. The summed E-state index contributed by atoms with van der Waals surface area (Å²) in [5.74, 6) is 5.23. The Hall–Kier alpha value is -0.0600. The third-order valence-corrected chi connectivity index (χ3v) is 4.35. The van der Waals surface area contributed by atoms with Crippen LogP contribution < -0.4 is 0 Å². The molecule has 1 heterocycles. The van der Waals surface area contributed by atoms with Crippen LogP contribution in [-0.2, 0) is 14.3 Å². The van der Waals surface area contributed by atoms with E-state index in [-0.39, 0.29) is 5.60 Å². The minimum atomic E-state index is -1.75. The zero-order chi connectivity index (χ0) is 11.5. The summed E-state index contributed by atoms with van der Waals surface area (Å²) in [6.07, 6.45) is 0. The molecule has 90 valence electrons. The molecule has 0 amide bonds. The molecule has 4 heteroatoms. The van der Waals surface area contributed by atoms with Crippen molar-refractivity contribution in [3.8, 4) is 0 Å². The van der Waals surface area contributed by atoms with Crippen molar-refractivity contribution in [1.82, 2.24) is 4.90 Å². The average molecular weight is 233 g/mol. The van der Waals surface area contributed by atoms with Crippen molar-refractivity contribution in [2.75, 3.05) is 37.7 Å². The fraction of sp³-hybridized carbons (Fsp3) is 0.909. The van der Waals surface area contributed by atoms with Gasteiger partial charge in [-0.3, -0.25) is 9.11 Å². The van der Waals surface area contributed by atoms with Gasteiger partial charge in [0.1, 0.15) is 0 Å². The fourth-order valence-electron chi connectivity index (χ4n) is 1.51. The van der Waals surface area contributed by atoms with Gasteiger partial charge in [0.15, 0.2) is 0 Å². The molecule has 0 aromatic heterocycles. The topological polar surface area (TPSA) is 29.5 Å². The highest BCUT2D eigenvalue weighted by atomic mass is 32.2. The van der Waals surface area contributed by atoms with Crippen molar-refractivity contribution in [2.45, 2.75) is 26.4 Å². The predicted octanol–water partition coefficient (Wildman–Crippen LogP) is 0.833. The smallest absolute Gasteiger partial charge is 0.0600 e. The van der Waals surface area contributed by atoms with Crippen LogP contribution in [0, 0.1) is 0 Å². The number of hydrogen-bond acceptors (Lipinski definition) is 3. The van der Waals surface area contributed by atoms with Crippen molar-refractivity contribution in [3.63, 3.8) is 0 Å². The molecule has 3 nitrogen and oxygen atoms in total. The van der Waals surface area contributed by atoms with Crippen molar-refractivity contribution in [2.24, 2.45) is 0 Å². The van der Waals surface area contributed by atoms with Gasteiger partial charge in [-0.2, -0.15) is 0 Å². The molecular weight excluding hydrogens is 210 g/mol. The van der Waals surface area contributed by atoms with Gasteiger partial charge in [0.2, 0.25) is 0 Å². The maximum absolute atomic E-state index is 11.6. The lowest BCUT2D eigenvalue weighted by atomic mass is 10.2. The van der Waals surface area contributed by atoms with Crippen LogP contribution >= 0.6 is 0 Å². The van der Waals surface area contributed by atoms with Crippen molar-refractivity contribution in [1.29, 1.82) is 0 Å². The minimum absolute atomic E-state index is 0.0599. The third kappa shape index (κ3) is 5.54. The molecule has 0 unspecified atom stereocenters. The highest BCUT2D eigenvalue weighted by Crippen LogP contribution is 2.08. The third-order valence-electron chi connectivity index (χ3n) is 2.50. The Morgan fingerprint density at radius 3 is 2.33 bits per heavy atom. The van der Waals surface area contributed by atoms with E-state index in [1.807, 2.05) is 0 Å². The van der Waals surface area contributed by atoms with Gasteiger partial charge in [-0.05, 0) is 36.2 Å². The zero-order valence-electron chi connectivity index (χ0n) is 10.1. The standard InChI is InChI=1S/C11H23NO2S/c1-11(2,3)14-8-5-12-6-9-15(4,13)10-7-12/h4-10H2,1-3H3. The minimum Gasteiger partial charge on any atom is -0.375 e. The molecule has 1 aliphatic rings. The van der Waals surface area contributed by atoms with Crippen molar-refractivity contribution in [3.05, 3.63) is 0 Å². The molecule has 0 spiro atoms. The van der Waals surface area contributed by atoms with Crippen molar-refractivity contribution < 1.29 is 8.95 Å². The highest BCUT2D eigenvalue weighted by molar-refractivity contribution is 8.00. The first kappa shape index (κ1) is 13.0. The summed E-state index contributed by atoms with van der Waals surface area (Å²) in [6, 6.07) is 0. The molecule has 1 saturated heterocycles. The molecule has 0 aromatic rings. The highest BCUT2D eigenvalue weighted by Gasteiger charge is 2.17. The van der Waals surface area contributed by atoms with Gasteiger partial charge < -0.3 is 4.74 Å². The van der Waals surface area contributed by atoms with Gasteiger partial charge in [-0.15, -0.1) is 0 Å². The first-order chi connectivity index (χ1) is 6.79. The Kier molecular flexibility index (Phi) is 4.20. The molecule has 15 heavy (non-hydrogen) atoms. The fourth-order valence-corrected chi connectivity index (χ4v) is 2.90. The van der Waals surface area contributed by atoms with E-state index in [9.17, 15) is 4.21 Å². The van der Waals surface area contributed by atoms with E-state index in [1.54, 1.807) is 0 Å². The zero-order valence-corrected chi connectivity index (χ0v) is 10.9. The van der Waals surface area contributed by atoms with Crippen LogP contribution in [0.5, 0.6) is 0 Å². The number of ether oxygens (including phenoxy) is 1. The molecule has 0 aromatic carbocycles. The number of hydrogen-bond donors (Lipinski definition) is 0. The van der Waals surface area contributed by atoms with E-state index in [4.69, 9.17) is 4.74 Å². The van der Waals surface area contributed by atoms with Crippen molar-refractivity contribution >= 4 is 15.4 Å². The summed E-state index contributed by atoms with van der Waals surface area (Å²) in [5, 5.41) is 0. The predicted molar refractivity (Wildman–Crippen MR) is 67.1 cm³/mol. The van der Waals surface area contributed by atoms with Gasteiger partial charge >= 0.3 is 0 Å². The average Bonchev–Trinajstić information content (AvgIpc) is 2.06. The Morgan fingerprint density at radius 2 is 1.87 bits per heavy atom. The van der Waals surface area contributed by atoms with Gasteiger partial charge in [0.25, 0.3) is 0 Å². The lowest BCUT2D eigenvalue weighted by molar-refractivity contribution is -0.0122. The van der Waals surface area contributed by atoms with E-state index in [2.05, 4.69) is 31.5 Å². The van der Waals surface area contributed by atoms with Gasteiger partial charge in [0.05, 0.1) is 12.2 Å². The van der Waals surface area contributed by atoms with E-state index in [0.29, 0.717) is 0 Å². The van der Waals surface area contributed by atoms with Crippen LogP contribution in [0.2, 0.25) is 0 Å². The second kappa shape index (κ2) is 4.85. The largest absolute Gasteiger partial charge is 0.375 e. The van der Waals surface area contributed by atoms with Crippen LogP contribution in [-0.4, -0.2) is 58.3 Å². The lowest BCUT2D eigenvalue weighted by Crippen LogP contribution is -2.42. The molecule has 0 bridgehead atoms. The molecule has 1 rings (SSSR count). The molecule has 0 N–H and O–H groups in total. The first-order valence-corrected chi connectivity index (χ1v) is 7.54.